The first-order valence-corrected chi connectivity index (χ1v) is 16.9. The van der Waals surface area contributed by atoms with Gasteiger partial charge in [-0.25, -0.2) is 14.8 Å². The van der Waals surface area contributed by atoms with Crippen LogP contribution in [0.25, 0.3) is 11.4 Å². The Bertz CT molecular complexity index is 2010. The third-order valence-electron chi connectivity index (χ3n) is 9.11. The molecule has 1 aliphatic rings. The zero-order valence-electron chi connectivity index (χ0n) is 28.4. The van der Waals surface area contributed by atoms with Gasteiger partial charge in [-0.3, -0.25) is 9.58 Å². The summed E-state index contributed by atoms with van der Waals surface area (Å²) in [5, 5.41) is 6.53. The second-order valence-electron chi connectivity index (χ2n) is 12.3. The van der Waals surface area contributed by atoms with Crippen molar-refractivity contribution in [3.05, 3.63) is 156 Å². The summed E-state index contributed by atoms with van der Waals surface area (Å²) in [5.74, 6) is 0.490. The van der Waals surface area contributed by atoms with Crippen molar-refractivity contribution in [1.82, 2.24) is 24.6 Å². The standard InChI is InChI=1S/C40H36F3N7O2/c1-52-27-11-24-48-28-34(36(47-48)40(41,42)43)45-35-22-23-44-37(46-35)29-18-20-33(21-19-29)49-25-26-50(38(49)51)39(30-12-5-2-6-13-30,31-14-7-3-8-15-31)32-16-9-4-10-17-32/h2-10,12-23,28H,11,24-27H2,1H3,(H,44,45,46). The third-order valence-corrected chi connectivity index (χ3v) is 9.11. The van der Waals surface area contributed by atoms with Crippen LogP contribution in [-0.4, -0.2) is 57.5 Å². The molecule has 264 valence electrons. The Labute approximate surface area is 299 Å². The quantitative estimate of drug-likeness (QED) is 0.102. The minimum atomic E-state index is -4.66. The molecule has 1 N–H and O–H groups in total. The van der Waals surface area contributed by atoms with Gasteiger partial charge in [0.1, 0.15) is 11.4 Å². The van der Waals surface area contributed by atoms with Crippen molar-refractivity contribution < 1.29 is 22.7 Å². The Morgan fingerprint density at radius 3 is 1.94 bits per heavy atom. The van der Waals surface area contributed by atoms with Crippen LogP contribution in [0, 0.1) is 0 Å². The lowest BCUT2D eigenvalue weighted by atomic mass is 9.75. The van der Waals surface area contributed by atoms with E-state index in [2.05, 4.69) is 56.8 Å². The van der Waals surface area contributed by atoms with Crippen LogP contribution in [0.15, 0.2) is 134 Å². The number of nitrogens with zero attached hydrogens (tertiary/aromatic N) is 6. The first kappa shape index (κ1) is 34.4. The fourth-order valence-electron chi connectivity index (χ4n) is 6.80. The number of methoxy groups -OCH3 is 1. The fourth-order valence-corrected chi connectivity index (χ4v) is 6.80. The molecule has 1 aliphatic heterocycles. The maximum atomic E-state index is 14.5. The fraction of sp³-hybridized carbons (Fsp3) is 0.200. The van der Waals surface area contributed by atoms with Crippen LogP contribution in [0.5, 0.6) is 0 Å². The Morgan fingerprint density at radius 1 is 0.788 bits per heavy atom. The molecule has 1 fully saturated rings. The van der Waals surface area contributed by atoms with Crippen molar-refractivity contribution in [1.29, 1.82) is 0 Å². The number of aryl methyl sites for hydroxylation is 1. The number of aromatic nitrogens is 4. The van der Waals surface area contributed by atoms with Crippen molar-refractivity contribution in [2.24, 2.45) is 0 Å². The van der Waals surface area contributed by atoms with Crippen LogP contribution < -0.4 is 10.2 Å². The summed E-state index contributed by atoms with van der Waals surface area (Å²) in [6.45, 7) is 1.60. The van der Waals surface area contributed by atoms with E-state index >= 15 is 0 Å². The zero-order valence-corrected chi connectivity index (χ0v) is 28.4. The summed E-state index contributed by atoms with van der Waals surface area (Å²) in [4.78, 5) is 27.1. The summed E-state index contributed by atoms with van der Waals surface area (Å²) in [7, 11) is 1.53. The van der Waals surface area contributed by atoms with Crippen molar-refractivity contribution in [3.63, 3.8) is 0 Å². The highest BCUT2D eigenvalue weighted by molar-refractivity contribution is 5.96. The van der Waals surface area contributed by atoms with E-state index < -0.39 is 17.4 Å². The van der Waals surface area contributed by atoms with Crippen molar-refractivity contribution in [3.8, 4) is 11.4 Å². The second kappa shape index (κ2) is 14.7. The van der Waals surface area contributed by atoms with Crippen molar-refractivity contribution in [2.45, 2.75) is 24.7 Å². The largest absolute Gasteiger partial charge is 0.437 e. The van der Waals surface area contributed by atoms with Crippen LogP contribution in [0.4, 0.5) is 35.2 Å². The summed E-state index contributed by atoms with van der Waals surface area (Å²) in [6.07, 6.45) is -1.36. The number of halogens is 3. The molecule has 2 amide bonds. The van der Waals surface area contributed by atoms with Crippen molar-refractivity contribution in [2.75, 3.05) is 37.0 Å². The monoisotopic (exact) mass is 703 g/mol. The van der Waals surface area contributed by atoms with E-state index in [1.807, 2.05) is 71.6 Å². The van der Waals surface area contributed by atoms with Crippen LogP contribution in [0.1, 0.15) is 28.8 Å². The molecule has 3 heterocycles. The second-order valence-corrected chi connectivity index (χ2v) is 12.3. The van der Waals surface area contributed by atoms with Crippen LogP contribution in [0.3, 0.4) is 0 Å². The topological polar surface area (TPSA) is 88.4 Å². The molecule has 6 aromatic rings. The molecular formula is C40H36F3N7O2. The number of hydrogen-bond acceptors (Lipinski definition) is 6. The van der Waals surface area contributed by atoms with Gasteiger partial charge in [0.05, 0.1) is 5.69 Å². The van der Waals surface area contributed by atoms with Gasteiger partial charge in [0.25, 0.3) is 0 Å². The molecule has 9 nitrogen and oxygen atoms in total. The number of benzene rings is 4. The highest BCUT2D eigenvalue weighted by Gasteiger charge is 2.48. The highest BCUT2D eigenvalue weighted by Crippen LogP contribution is 2.45. The number of anilines is 3. The Hall–Kier alpha value is -6.01. The van der Waals surface area contributed by atoms with E-state index in [0.29, 0.717) is 43.2 Å². The number of carbonyl (C=O) groups is 1. The predicted molar refractivity (Wildman–Crippen MR) is 193 cm³/mol. The third kappa shape index (κ3) is 6.72. The Kier molecular flexibility index (Phi) is 9.73. The molecule has 0 radical (unpaired) electrons. The van der Waals surface area contributed by atoms with Crippen LogP contribution >= 0.6 is 0 Å². The first-order valence-electron chi connectivity index (χ1n) is 16.9. The number of rotatable bonds is 12. The van der Waals surface area contributed by atoms with Gasteiger partial charge in [0.15, 0.2) is 11.5 Å². The number of amides is 2. The maximum Gasteiger partial charge on any atom is 0.437 e. The average molecular weight is 704 g/mol. The number of carbonyl (C=O) groups excluding carboxylic acids is 1. The number of ether oxygens (including phenoxy) is 1. The summed E-state index contributed by atoms with van der Waals surface area (Å²) >= 11 is 0. The van der Waals surface area contributed by atoms with Gasteiger partial charge in [-0.2, -0.15) is 18.3 Å². The number of alkyl halides is 3. The predicted octanol–water partition coefficient (Wildman–Crippen LogP) is 8.37. The van der Waals surface area contributed by atoms with Crippen LogP contribution in [0.2, 0.25) is 0 Å². The van der Waals surface area contributed by atoms with E-state index in [9.17, 15) is 18.0 Å². The molecule has 2 aromatic heterocycles. The van der Waals surface area contributed by atoms with Gasteiger partial charge in [-0.05, 0) is 53.4 Å². The average Bonchev–Trinajstić information content (AvgIpc) is 3.77. The number of hydrogen-bond donors (Lipinski definition) is 1. The van der Waals surface area contributed by atoms with E-state index in [-0.39, 0.29) is 24.1 Å². The lowest BCUT2D eigenvalue weighted by Gasteiger charge is -2.43. The van der Waals surface area contributed by atoms with Gasteiger partial charge in [-0.1, -0.05) is 91.0 Å². The van der Waals surface area contributed by atoms with Gasteiger partial charge < -0.3 is 15.0 Å². The molecule has 12 heteroatoms. The van der Waals surface area contributed by atoms with Gasteiger partial charge in [0, 0.05) is 57.0 Å². The van der Waals surface area contributed by atoms with Crippen molar-refractivity contribution >= 4 is 23.2 Å². The smallest absolute Gasteiger partial charge is 0.385 e. The molecule has 0 unspecified atom stereocenters. The summed E-state index contributed by atoms with van der Waals surface area (Å²) in [6, 6.07) is 38.9. The van der Waals surface area contributed by atoms with E-state index in [1.165, 1.54) is 30.3 Å². The van der Waals surface area contributed by atoms with Gasteiger partial charge >= 0.3 is 12.2 Å². The molecule has 4 aromatic carbocycles. The van der Waals surface area contributed by atoms with E-state index in [0.717, 1.165) is 16.7 Å². The number of urea groups is 1. The molecular weight excluding hydrogens is 667 g/mol. The molecule has 52 heavy (non-hydrogen) atoms. The zero-order chi connectivity index (χ0) is 36.1. The molecule has 0 aliphatic carbocycles. The molecule has 0 spiro atoms. The minimum absolute atomic E-state index is 0.144. The molecule has 0 bridgehead atoms. The lowest BCUT2D eigenvalue weighted by molar-refractivity contribution is -0.140. The first-order chi connectivity index (χ1) is 25.3. The maximum absolute atomic E-state index is 14.5. The molecule has 7 rings (SSSR count). The molecule has 0 atom stereocenters. The Morgan fingerprint density at radius 2 is 1.38 bits per heavy atom. The Balaban J connectivity index is 1.16. The highest BCUT2D eigenvalue weighted by atomic mass is 19.4. The minimum Gasteiger partial charge on any atom is -0.385 e. The van der Waals surface area contributed by atoms with E-state index in [4.69, 9.17) is 4.74 Å². The summed E-state index contributed by atoms with van der Waals surface area (Å²) < 4.78 is 47.8. The van der Waals surface area contributed by atoms with Gasteiger partial charge in [0.2, 0.25) is 0 Å². The SMILES string of the molecule is COCCCn1cc(Nc2ccnc(-c3ccc(N4CCN(C(c5ccccc5)(c5ccccc5)c5ccccc5)C4=O)cc3)n2)c(C(F)(F)F)n1. The van der Waals surface area contributed by atoms with Gasteiger partial charge in [-0.15, -0.1) is 0 Å². The molecule has 1 saturated heterocycles. The van der Waals surface area contributed by atoms with Crippen LogP contribution in [-0.2, 0) is 23.0 Å². The molecule has 0 saturated carbocycles. The lowest BCUT2D eigenvalue weighted by Crippen LogP contribution is -2.50. The number of nitrogens with one attached hydrogen (secondary N) is 1. The normalized spacial score (nSPS) is 13.5. The van der Waals surface area contributed by atoms with E-state index in [1.54, 1.807) is 17.0 Å². The summed E-state index contributed by atoms with van der Waals surface area (Å²) in [5.41, 5.74) is 2.13.